The van der Waals surface area contributed by atoms with E-state index in [9.17, 15) is 10.1 Å². The molecule has 0 aliphatic rings. The van der Waals surface area contributed by atoms with Gasteiger partial charge in [0.05, 0.1) is 24.1 Å². The Morgan fingerprint density at radius 2 is 1.43 bits per heavy atom. The number of thioether (sulfide) groups is 1. The number of rotatable bonds is 8. The molecule has 0 N–H and O–H groups in total. The molecule has 0 unspecified atom stereocenters. The number of methoxy groups -OCH3 is 1. The minimum absolute atomic E-state index is 0.102. The van der Waals surface area contributed by atoms with Crippen LogP contribution in [0.3, 0.4) is 0 Å². The van der Waals surface area contributed by atoms with Crippen molar-refractivity contribution >= 4 is 29.0 Å². The van der Waals surface area contributed by atoms with E-state index in [4.69, 9.17) is 9.72 Å². The summed E-state index contributed by atoms with van der Waals surface area (Å²) in [6, 6.07) is 39.2. The van der Waals surface area contributed by atoms with Gasteiger partial charge in [0.15, 0.2) is 0 Å². The standard InChI is InChI=1S/C34H27N3O2S/c1-24-13-15-26(16-14-24)32-21-30(25-17-19-29(39-2)20-18-25)31(22-35)34(36-32)40-23-33(38)37(27-9-5-3-6-10-27)28-11-7-4-8-12-28/h3-21H,23H2,1-2H3. The fourth-order valence-corrected chi connectivity index (χ4v) is 5.24. The van der Waals surface area contributed by atoms with E-state index < -0.39 is 0 Å². The highest BCUT2D eigenvalue weighted by molar-refractivity contribution is 8.00. The minimum atomic E-state index is -0.111. The smallest absolute Gasteiger partial charge is 0.241 e. The third kappa shape index (κ3) is 5.90. The summed E-state index contributed by atoms with van der Waals surface area (Å²) in [6.45, 7) is 2.04. The third-order valence-electron chi connectivity index (χ3n) is 6.46. The number of hydrogen-bond donors (Lipinski definition) is 0. The van der Waals surface area contributed by atoms with Gasteiger partial charge < -0.3 is 4.74 Å². The Kier molecular flexibility index (Phi) is 8.24. The van der Waals surface area contributed by atoms with Gasteiger partial charge in [-0.05, 0) is 55.0 Å². The van der Waals surface area contributed by atoms with Crippen molar-refractivity contribution in [3.8, 4) is 34.2 Å². The zero-order valence-corrected chi connectivity index (χ0v) is 23.1. The van der Waals surface area contributed by atoms with Gasteiger partial charge in [0.25, 0.3) is 0 Å². The van der Waals surface area contributed by atoms with E-state index in [1.165, 1.54) is 11.8 Å². The number of pyridine rings is 1. The molecular formula is C34H27N3O2S. The molecule has 5 nitrogen and oxygen atoms in total. The van der Waals surface area contributed by atoms with Crippen molar-refractivity contribution in [2.75, 3.05) is 17.8 Å². The molecule has 0 aliphatic carbocycles. The monoisotopic (exact) mass is 541 g/mol. The first-order valence-electron chi connectivity index (χ1n) is 12.8. The Labute approximate surface area is 238 Å². The number of carbonyl (C=O) groups is 1. The summed E-state index contributed by atoms with van der Waals surface area (Å²) in [5.74, 6) is 0.724. The number of benzene rings is 4. The number of nitriles is 1. The molecule has 0 aliphatic heterocycles. The van der Waals surface area contributed by atoms with Crippen molar-refractivity contribution in [2.45, 2.75) is 11.9 Å². The topological polar surface area (TPSA) is 66.2 Å². The van der Waals surface area contributed by atoms with Crippen LogP contribution in [0.25, 0.3) is 22.4 Å². The van der Waals surface area contributed by atoms with Crippen LogP contribution >= 0.6 is 11.8 Å². The first kappa shape index (κ1) is 26.7. The van der Waals surface area contributed by atoms with Gasteiger partial charge in [-0.3, -0.25) is 9.69 Å². The van der Waals surface area contributed by atoms with E-state index in [1.54, 1.807) is 12.0 Å². The van der Waals surface area contributed by atoms with Gasteiger partial charge in [-0.25, -0.2) is 4.98 Å². The Morgan fingerprint density at radius 1 is 0.850 bits per heavy atom. The number of amides is 1. The number of anilines is 2. The number of ether oxygens (including phenoxy) is 1. The van der Waals surface area contributed by atoms with E-state index in [2.05, 4.69) is 6.07 Å². The number of aryl methyl sites for hydroxylation is 1. The number of nitrogens with zero attached hydrogens (tertiary/aromatic N) is 3. The SMILES string of the molecule is COc1ccc(-c2cc(-c3ccc(C)cc3)nc(SCC(=O)N(c3ccccc3)c3ccccc3)c2C#N)cc1. The lowest BCUT2D eigenvalue weighted by molar-refractivity contribution is -0.115. The van der Waals surface area contributed by atoms with Crippen LogP contribution in [-0.4, -0.2) is 23.8 Å². The first-order valence-corrected chi connectivity index (χ1v) is 13.8. The van der Waals surface area contributed by atoms with Gasteiger partial charge in [-0.1, -0.05) is 90.1 Å². The average Bonchev–Trinajstić information content (AvgIpc) is 3.01. The summed E-state index contributed by atoms with van der Waals surface area (Å²) < 4.78 is 5.33. The predicted octanol–water partition coefficient (Wildman–Crippen LogP) is 8.06. The van der Waals surface area contributed by atoms with Crippen LogP contribution in [0.15, 0.2) is 120 Å². The van der Waals surface area contributed by atoms with Crippen LogP contribution in [0.1, 0.15) is 11.1 Å². The molecule has 0 atom stereocenters. The van der Waals surface area contributed by atoms with Gasteiger partial charge >= 0.3 is 0 Å². The molecule has 0 spiro atoms. The minimum Gasteiger partial charge on any atom is -0.497 e. The molecule has 5 rings (SSSR count). The molecule has 0 saturated carbocycles. The van der Waals surface area contributed by atoms with Crippen LogP contribution in [0, 0.1) is 18.3 Å². The molecule has 5 aromatic rings. The van der Waals surface area contributed by atoms with Crippen LogP contribution in [-0.2, 0) is 4.79 Å². The Morgan fingerprint density at radius 3 is 1.98 bits per heavy atom. The maximum Gasteiger partial charge on any atom is 0.241 e. The number of para-hydroxylation sites is 2. The molecule has 4 aromatic carbocycles. The largest absolute Gasteiger partial charge is 0.497 e. The lowest BCUT2D eigenvalue weighted by Crippen LogP contribution is -2.27. The van der Waals surface area contributed by atoms with Crippen LogP contribution in [0.4, 0.5) is 11.4 Å². The van der Waals surface area contributed by atoms with Crippen LogP contribution in [0.2, 0.25) is 0 Å². The second-order valence-corrected chi connectivity index (χ2v) is 10.1. The van der Waals surface area contributed by atoms with Crippen molar-refractivity contribution in [3.63, 3.8) is 0 Å². The molecule has 0 fully saturated rings. The quantitative estimate of drug-likeness (QED) is 0.186. The number of aromatic nitrogens is 1. The van der Waals surface area contributed by atoms with Crippen molar-refractivity contribution in [1.29, 1.82) is 5.26 Å². The number of hydrogen-bond acceptors (Lipinski definition) is 5. The molecule has 6 heteroatoms. The zero-order valence-electron chi connectivity index (χ0n) is 22.2. The van der Waals surface area contributed by atoms with E-state index >= 15 is 0 Å². The highest BCUT2D eigenvalue weighted by atomic mass is 32.2. The summed E-state index contributed by atoms with van der Waals surface area (Å²) in [6.07, 6.45) is 0. The van der Waals surface area contributed by atoms with E-state index in [1.807, 2.05) is 122 Å². The van der Waals surface area contributed by atoms with Gasteiger partial charge in [-0.15, -0.1) is 0 Å². The predicted molar refractivity (Wildman–Crippen MR) is 162 cm³/mol. The normalized spacial score (nSPS) is 10.5. The zero-order chi connectivity index (χ0) is 27.9. The molecular weight excluding hydrogens is 514 g/mol. The Balaban J connectivity index is 1.54. The molecule has 0 bridgehead atoms. The molecule has 196 valence electrons. The van der Waals surface area contributed by atoms with Crippen molar-refractivity contribution in [3.05, 3.63) is 126 Å². The van der Waals surface area contributed by atoms with Gasteiger partial charge in [-0.2, -0.15) is 5.26 Å². The second kappa shape index (κ2) is 12.3. The van der Waals surface area contributed by atoms with Gasteiger partial charge in [0, 0.05) is 22.5 Å². The van der Waals surface area contributed by atoms with Crippen molar-refractivity contribution in [2.24, 2.45) is 0 Å². The second-order valence-electron chi connectivity index (χ2n) is 9.13. The summed E-state index contributed by atoms with van der Waals surface area (Å²) in [5, 5.41) is 10.8. The molecule has 1 amide bonds. The summed E-state index contributed by atoms with van der Waals surface area (Å²) in [4.78, 5) is 20.3. The molecule has 0 saturated heterocycles. The maximum absolute atomic E-state index is 13.7. The van der Waals surface area contributed by atoms with E-state index in [0.717, 1.165) is 45.1 Å². The average molecular weight is 542 g/mol. The fraction of sp³-hybridized carbons (Fsp3) is 0.0882. The van der Waals surface area contributed by atoms with Crippen molar-refractivity contribution < 1.29 is 9.53 Å². The maximum atomic E-state index is 13.7. The Hall–Kier alpha value is -4.86. The molecule has 1 heterocycles. The molecule has 0 radical (unpaired) electrons. The van der Waals surface area contributed by atoms with E-state index in [0.29, 0.717) is 10.6 Å². The first-order chi connectivity index (χ1) is 19.6. The lowest BCUT2D eigenvalue weighted by atomic mass is 9.99. The summed E-state index contributed by atoms with van der Waals surface area (Å²) in [7, 11) is 1.62. The van der Waals surface area contributed by atoms with E-state index in [-0.39, 0.29) is 11.7 Å². The number of carbonyl (C=O) groups excluding carboxylic acids is 1. The van der Waals surface area contributed by atoms with Gasteiger partial charge in [0.1, 0.15) is 16.8 Å². The van der Waals surface area contributed by atoms with Crippen molar-refractivity contribution in [1.82, 2.24) is 4.98 Å². The van der Waals surface area contributed by atoms with Crippen LogP contribution < -0.4 is 9.64 Å². The Bertz CT molecular complexity index is 1610. The summed E-state index contributed by atoms with van der Waals surface area (Å²) in [5.41, 5.74) is 6.45. The lowest BCUT2D eigenvalue weighted by Gasteiger charge is -2.23. The highest BCUT2D eigenvalue weighted by Gasteiger charge is 2.21. The highest BCUT2D eigenvalue weighted by Crippen LogP contribution is 2.36. The van der Waals surface area contributed by atoms with Gasteiger partial charge in [0.2, 0.25) is 5.91 Å². The molecule has 40 heavy (non-hydrogen) atoms. The summed E-state index contributed by atoms with van der Waals surface area (Å²) >= 11 is 1.28. The van der Waals surface area contributed by atoms with Crippen LogP contribution in [0.5, 0.6) is 5.75 Å². The third-order valence-corrected chi connectivity index (χ3v) is 7.42. The molecule has 1 aromatic heterocycles. The fourth-order valence-electron chi connectivity index (χ4n) is 4.39.